The SMILES string of the molecule is CCCCc1ccc(C#Cc2cnc(N=C=S)cc2F)c(CC)c1. The number of unbranched alkanes of at least 4 members (excludes halogenated alkanes) is 1. The van der Waals surface area contributed by atoms with Gasteiger partial charge in [0, 0.05) is 17.8 Å². The Kier molecular flexibility index (Phi) is 6.81. The van der Waals surface area contributed by atoms with Gasteiger partial charge >= 0.3 is 0 Å². The van der Waals surface area contributed by atoms with E-state index in [-0.39, 0.29) is 11.4 Å². The molecule has 0 amide bonds. The first kappa shape index (κ1) is 18.0. The van der Waals surface area contributed by atoms with Crippen LogP contribution in [-0.2, 0) is 12.8 Å². The molecule has 2 nitrogen and oxygen atoms in total. The van der Waals surface area contributed by atoms with E-state index >= 15 is 0 Å². The minimum atomic E-state index is -0.459. The van der Waals surface area contributed by atoms with E-state index in [9.17, 15) is 4.39 Å². The molecule has 122 valence electrons. The maximum absolute atomic E-state index is 14.0. The number of aryl methyl sites for hydroxylation is 2. The zero-order valence-electron chi connectivity index (χ0n) is 13.9. The van der Waals surface area contributed by atoms with Crippen LogP contribution < -0.4 is 0 Å². The average Bonchev–Trinajstić information content (AvgIpc) is 2.60. The molecule has 1 heterocycles. The number of isothiocyanates is 1. The molecule has 0 saturated heterocycles. The van der Waals surface area contributed by atoms with Gasteiger partial charge in [-0.15, -0.1) is 0 Å². The first-order chi connectivity index (χ1) is 11.7. The van der Waals surface area contributed by atoms with Crippen molar-refractivity contribution in [3.05, 3.63) is 58.5 Å². The van der Waals surface area contributed by atoms with Crippen molar-refractivity contribution in [3.8, 4) is 11.8 Å². The van der Waals surface area contributed by atoms with Crippen LogP contribution >= 0.6 is 12.2 Å². The normalized spacial score (nSPS) is 9.79. The van der Waals surface area contributed by atoms with Gasteiger partial charge in [0.1, 0.15) is 5.82 Å². The van der Waals surface area contributed by atoms with E-state index < -0.39 is 5.82 Å². The third-order valence-corrected chi connectivity index (χ3v) is 3.79. The summed E-state index contributed by atoms with van der Waals surface area (Å²) in [5.74, 6) is 5.66. The molecule has 0 fully saturated rings. The second kappa shape index (κ2) is 9.08. The summed E-state index contributed by atoms with van der Waals surface area (Å²) in [7, 11) is 0. The fourth-order valence-corrected chi connectivity index (χ4v) is 2.45. The van der Waals surface area contributed by atoms with Gasteiger partial charge in [-0.3, -0.25) is 0 Å². The molecule has 0 bridgehead atoms. The first-order valence-corrected chi connectivity index (χ1v) is 8.46. The number of nitrogens with zero attached hydrogens (tertiary/aromatic N) is 2. The van der Waals surface area contributed by atoms with Crippen molar-refractivity contribution in [1.29, 1.82) is 0 Å². The van der Waals surface area contributed by atoms with E-state index in [0.717, 1.165) is 18.4 Å². The monoisotopic (exact) mass is 338 g/mol. The highest BCUT2D eigenvalue weighted by Crippen LogP contribution is 2.16. The summed E-state index contributed by atoms with van der Waals surface area (Å²) in [5, 5.41) is 2.17. The van der Waals surface area contributed by atoms with Crippen molar-refractivity contribution in [2.45, 2.75) is 39.5 Å². The van der Waals surface area contributed by atoms with Crippen molar-refractivity contribution < 1.29 is 4.39 Å². The zero-order chi connectivity index (χ0) is 17.4. The molecule has 0 aliphatic heterocycles. The molecule has 1 aromatic carbocycles. The van der Waals surface area contributed by atoms with E-state index in [0.29, 0.717) is 0 Å². The van der Waals surface area contributed by atoms with Crippen LogP contribution in [0.5, 0.6) is 0 Å². The third kappa shape index (κ3) is 4.83. The standard InChI is InChI=1S/C20H19FN2S/c1-3-5-6-15-7-8-17(16(4-2)11-15)9-10-18-13-22-20(23-14-24)12-19(18)21/h7-8,11-13H,3-6H2,1-2H3. The Labute approximate surface area is 147 Å². The Morgan fingerprint density at radius 2 is 1.96 bits per heavy atom. The molecular formula is C20H19FN2S. The third-order valence-electron chi connectivity index (χ3n) is 3.70. The molecular weight excluding hydrogens is 319 g/mol. The molecule has 1 aromatic heterocycles. The highest BCUT2D eigenvalue weighted by molar-refractivity contribution is 7.78. The molecule has 4 heteroatoms. The minimum Gasteiger partial charge on any atom is -0.235 e. The number of thiocarbonyl (C=S) groups is 1. The number of hydrogen-bond acceptors (Lipinski definition) is 3. The Bertz CT molecular complexity index is 827. The summed E-state index contributed by atoms with van der Waals surface area (Å²) < 4.78 is 14.0. The van der Waals surface area contributed by atoms with Crippen LogP contribution in [0.2, 0.25) is 0 Å². The van der Waals surface area contributed by atoms with Crippen LogP contribution in [0.25, 0.3) is 0 Å². The molecule has 0 radical (unpaired) electrons. The molecule has 0 aliphatic rings. The number of benzene rings is 1. The van der Waals surface area contributed by atoms with E-state index in [2.05, 4.69) is 65.2 Å². The maximum Gasteiger partial charge on any atom is 0.165 e. The van der Waals surface area contributed by atoms with Gasteiger partial charge in [0.25, 0.3) is 0 Å². The molecule has 2 rings (SSSR count). The van der Waals surface area contributed by atoms with Crippen molar-refractivity contribution in [2.75, 3.05) is 0 Å². The number of aromatic nitrogens is 1. The maximum atomic E-state index is 14.0. The lowest BCUT2D eigenvalue weighted by Gasteiger charge is -2.06. The molecule has 0 aliphatic carbocycles. The number of halogens is 1. The van der Waals surface area contributed by atoms with Crippen molar-refractivity contribution in [3.63, 3.8) is 0 Å². The molecule has 2 aromatic rings. The van der Waals surface area contributed by atoms with Gasteiger partial charge in [-0.25, -0.2) is 9.37 Å². The van der Waals surface area contributed by atoms with E-state index in [1.54, 1.807) is 0 Å². The summed E-state index contributed by atoms with van der Waals surface area (Å²) in [5.41, 5.74) is 3.69. The minimum absolute atomic E-state index is 0.197. The van der Waals surface area contributed by atoms with Crippen molar-refractivity contribution in [1.82, 2.24) is 4.98 Å². The Morgan fingerprint density at radius 3 is 2.62 bits per heavy atom. The summed E-state index contributed by atoms with van der Waals surface area (Å²) >= 11 is 4.48. The van der Waals surface area contributed by atoms with Crippen molar-refractivity contribution in [2.24, 2.45) is 4.99 Å². The van der Waals surface area contributed by atoms with Crippen LogP contribution in [0.1, 0.15) is 48.9 Å². The van der Waals surface area contributed by atoms with E-state index in [1.807, 2.05) is 6.07 Å². The smallest absolute Gasteiger partial charge is 0.165 e. The van der Waals surface area contributed by atoms with Crippen LogP contribution in [0.15, 0.2) is 35.5 Å². The number of aliphatic imine (C=N–C) groups is 1. The molecule has 0 unspecified atom stereocenters. The van der Waals surface area contributed by atoms with Crippen molar-refractivity contribution >= 4 is 23.2 Å². The summed E-state index contributed by atoms with van der Waals surface area (Å²) in [4.78, 5) is 7.65. The lowest BCUT2D eigenvalue weighted by molar-refractivity contribution is 0.622. The molecule has 0 spiro atoms. The Morgan fingerprint density at radius 1 is 1.17 bits per heavy atom. The van der Waals surface area contributed by atoms with Gasteiger partial charge in [0.05, 0.1) is 10.7 Å². The fraction of sp³-hybridized carbons (Fsp3) is 0.300. The quantitative estimate of drug-likeness (QED) is 0.422. The Hall–Kier alpha value is -2.34. The lowest BCUT2D eigenvalue weighted by atomic mass is 9.99. The van der Waals surface area contributed by atoms with E-state index in [4.69, 9.17) is 0 Å². The predicted octanol–water partition coefficient (Wildman–Crippen LogP) is 5.26. The van der Waals surface area contributed by atoms with Crippen LogP contribution in [0.3, 0.4) is 0 Å². The lowest BCUT2D eigenvalue weighted by Crippen LogP contribution is -1.93. The van der Waals surface area contributed by atoms with E-state index in [1.165, 1.54) is 36.2 Å². The molecule has 0 N–H and O–H groups in total. The summed E-state index contributed by atoms with van der Waals surface area (Å²) in [6.07, 6.45) is 5.71. The van der Waals surface area contributed by atoms with Crippen LogP contribution in [0, 0.1) is 17.7 Å². The number of rotatable bonds is 5. The average molecular weight is 338 g/mol. The highest BCUT2D eigenvalue weighted by Gasteiger charge is 2.03. The van der Waals surface area contributed by atoms with Gasteiger partial charge in [-0.1, -0.05) is 44.2 Å². The molecule has 0 atom stereocenters. The first-order valence-electron chi connectivity index (χ1n) is 8.05. The summed E-state index contributed by atoms with van der Waals surface area (Å²) in [6.45, 7) is 4.29. The van der Waals surface area contributed by atoms with Crippen LogP contribution in [-0.4, -0.2) is 10.1 Å². The predicted molar refractivity (Wildman–Crippen MR) is 99.3 cm³/mol. The second-order valence-electron chi connectivity index (χ2n) is 5.42. The molecule has 0 saturated carbocycles. The number of pyridine rings is 1. The van der Waals surface area contributed by atoms with Gasteiger partial charge in [0.15, 0.2) is 5.82 Å². The molecule has 24 heavy (non-hydrogen) atoms. The second-order valence-corrected chi connectivity index (χ2v) is 5.61. The largest absolute Gasteiger partial charge is 0.235 e. The van der Waals surface area contributed by atoms with Crippen LogP contribution in [0.4, 0.5) is 10.2 Å². The highest BCUT2D eigenvalue weighted by atomic mass is 32.1. The number of hydrogen-bond donors (Lipinski definition) is 0. The zero-order valence-corrected chi connectivity index (χ0v) is 14.7. The van der Waals surface area contributed by atoms with Gasteiger partial charge < -0.3 is 0 Å². The summed E-state index contributed by atoms with van der Waals surface area (Å²) in [6, 6.07) is 7.53. The fourth-order valence-electron chi connectivity index (χ4n) is 2.35. The topological polar surface area (TPSA) is 25.2 Å². The Balaban J connectivity index is 2.28. The van der Waals surface area contributed by atoms with Gasteiger partial charge in [0.2, 0.25) is 0 Å². The van der Waals surface area contributed by atoms with Gasteiger partial charge in [-0.2, -0.15) is 4.99 Å². The van der Waals surface area contributed by atoms with Gasteiger partial charge in [-0.05, 0) is 48.7 Å².